The van der Waals surface area contributed by atoms with Crippen LogP contribution in [-0.4, -0.2) is 32.1 Å². The molecule has 0 aliphatic heterocycles. The number of anilines is 1. The second-order valence-electron chi connectivity index (χ2n) is 4.71. The number of hydrogen-bond donors (Lipinski definition) is 0. The molecule has 0 atom stereocenters. The molecule has 0 N–H and O–H groups in total. The highest BCUT2D eigenvalue weighted by molar-refractivity contribution is 6.02. The van der Waals surface area contributed by atoms with Gasteiger partial charge in [-0.25, -0.2) is 0 Å². The molecule has 1 aromatic carbocycles. The molecule has 1 rings (SSSR count). The number of carbonyl (C=O) groups excluding carboxylic acids is 1. The van der Waals surface area contributed by atoms with Crippen molar-refractivity contribution in [3.05, 3.63) is 29.8 Å². The van der Waals surface area contributed by atoms with Gasteiger partial charge in [0.05, 0.1) is 0 Å². The summed E-state index contributed by atoms with van der Waals surface area (Å²) < 4.78 is 5.46. The third-order valence-corrected chi connectivity index (χ3v) is 2.70. The average molecular weight is 235 g/mol. The Morgan fingerprint density at radius 1 is 1.24 bits per heavy atom. The van der Waals surface area contributed by atoms with Crippen LogP contribution in [0.4, 0.5) is 5.69 Å². The Kier molecular flexibility index (Phi) is 4.29. The number of ketones is 1. The molecule has 0 saturated heterocycles. The summed E-state index contributed by atoms with van der Waals surface area (Å²) in [4.78, 5) is 14.2. The molecule has 0 unspecified atom stereocenters. The van der Waals surface area contributed by atoms with Crippen molar-refractivity contribution in [2.24, 2.45) is 0 Å². The number of Topliss-reactive ketones (excluding diaryl/α,β-unsaturated/α-hetero) is 1. The number of carbonyl (C=O) groups is 1. The van der Waals surface area contributed by atoms with Gasteiger partial charge in [-0.15, -0.1) is 0 Å². The molecule has 0 aliphatic rings. The van der Waals surface area contributed by atoms with Crippen molar-refractivity contribution in [1.82, 2.24) is 0 Å². The van der Waals surface area contributed by atoms with Gasteiger partial charge < -0.3 is 9.64 Å². The van der Waals surface area contributed by atoms with Gasteiger partial charge in [-0.1, -0.05) is 0 Å². The monoisotopic (exact) mass is 235 g/mol. The standard InChI is InChI=1S/C14H21NO2/c1-6-17-14(2,3)13(16)11-7-9-12(10-8-11)15(4)5/h7-10H,6H2,1-5H3. The number of benzene rings is 1. The summed E-state index contributed by atoms with van der Waals surface area (Å²) in [6.45, 7) is 6.04. The summed E-state index contributed by atoms with van der Waals surface area (Å²) in [6, 6.07) is 7.57. The Balaban J connectivity index is 2.90. The van der Waals surface area contributed by atoms with E-state index in [1.165, 1.54) is 0 Å². The van der Waals surface area contributed by atoms with Crippen molar-refractivity contribution in [2.45, 2.75) is 26.4 Å². The van der Waals surface area contributed by atoms with Crippen LogP contribution in [0.5, 0.6) is 0 Å². The highest BCUT2D eigenvalue weighted by Gasteiger charge is 2.28. The Labute approximate surface area is 103 Å². The lowest BCUT2D eigenvalue weighted by Gasteiger charge is -2.23. The third kappa shape index (κ3) is 3.30. The molecule has 1 aromatic rings. The number of rotatable bonds is 5. The minimum atomic E-state index is -0.756. The maximum absolute atomic E-state index is 12.2. The third-order valence-electron chi connectivity index (χ3n) is 2.70. The predicted octanol–water partition coefficient (Wildman–Crippen LogP) is 2.75. The average Bonchev–Trinajstić information content (AvgIpc) is 2.28. The first kappa shape index (κ1) is 13.7. The molecule has 0 aliphatic carbocycles. The quantitative estimate of drug-likeness (QED) is 0.735. The number of nitrogens with zero attached hydrogens (tertiary/aromatic N) is 1. The zero-order chi connectivity index (χ0) is 13.1. The van der Waals surface area contributed by atoms with E-state index in [9.17, 15) is 4.79 Å². The SMILES string of the molecule is CCOC(C)(C)C(=O)c1ccc(N(C)C)cc1. The van der Waals surface area contributed by atoms with Gasteiger partial charge in [0.25, 0.3) is 0 Å². The van der Waals surface area contributed by atoms with Crippen LogP contribution in [0.25, 0.3) is 0 Å². The lowest BCUT2D eigenvalue weighted by atomic mass is 9.96. The summed E-state index contributed by atoms with van der Waals surface area (Å²) in [6.07, 6.45) is 0. The van der Waals surface area contributed by atoms with Crippen LogP contribution in [0.1, 0.15) is 31.1 Å². The van der Waals surface area contributed by atoms with E-state index in [2.05, 4.69) is 0 Å². The van der Waals surface area contributed by atoms with Crippen molar-refractivity contribution >= 4 is 11.5 Å². The van der Waals surface area contributed by atoms with Gasteiger partial charge in [0.2, 0.25) is 0 Å². The largest absolute Gasteiger partial charge is 0.378 e. The Bertz CT molecular complexity index is 380. The van der Waals surface area contributed by atoms with E-state index >= 15 is 0 Å². The molecule has 3 nitrogen and oxygen atoms in total. The molecule has 17 heavy (non-hydrogen) atoms. The molecule has 0 amide bonds. The van der Waals surface area contributed by atoms with Gasteiger partial charge >= 0.3 is 0 Å². The molecule has 0 spiro atoms. The van der Waals surface area contributed by atoms with E-state index in [0.717, 1.165) is 5.69 Å². The van der Waals surface area contributed by atoms with Crippen LogP contribution in [0.2, 0.25) is 0 Å². The normalized spacial score (nSPS) is 11.4. The first-order valence-corrected chi connectivity index (χ1v) is 5.84. The highest BCUT2D eigenvalue weighted by atomic mass is 16.5. The number of hydrogen-bond acceptors (Lipinski definition) is 3. The fourth-order valence-electron chi connectivity index (χ4n) is 1.68. The first-order chi connectivity index (χ1) is 7.88. The van der Waals surface area contributed by atoms with Gasteiger partial charge in [0, 0.05) is 32.0 Å². The molecule has 0 saturated carbocycles. The van der Waals surface area contributed by atoms with Crippen LogP contribution >= 0.6 is 0 Å². The van der Waals surface area contributed by atoms with Gasteiger partial charge in [-0.2, -0.15) is 0 Å². The summed E-state index contributed by atoms with van der Waals surface area (Å²) in [5, 5.41) is 0. The van der Waals surface area contributed by atoms with Crippen molar-refractivity contribution < 1.29 is 9.53 Å². The zero-order valence-electron chi connectivity index (χ0n) is 11.3. The lowest BCUT2D eigenvalue weighted by Crippen LogP contribution is -2.35. The highest BCUT2D eigenvalue weighted by Crippen LogP contribution is 2.19. The fraction of sp³-hybridized carbons (Fsp3) is 0.500. The van der Waals surface area contributed by atoms with Crippen LogP contribution in [0.3, 0.4) is 0 Å². The van der Waals surface area contributed by atoms with E-state index in [-0.39, 0.29) is 5.78 Å². The molecule has 0 radical (unpaired) electrons. The Hall–Kier alpha value is -1.35. The van der Waals surface area contributed by atoms with E-state index in [1.54, 1.807) is 13.8 Å². The van der Waals surface area contributed by atoms with Crippen molar-refractivity contribution in [3.63, 3.8) is 0 Å². The molecule has 94 valence electrons. The van der Waals surface area contributed by atoms with Crippen molar-refractivity contribution in [1.29, 1.82) is 0 Å². The zero-order valence-corrected chi connectivity index (χ0v) is 11.3. The summed E-state index contributed by atoms with van der Waals surface area (Å²) in [7, 11) is 3.95. The topological polar surface area (TPSA) is 29.5 Å². The molecular weight excluding hydrogens is 214 g/mol. The lowest BCUT2D eigenvalue weighted by molar-refractivity contribution is 0.00126. The molecular formula is C14H21NO2. The van der Waals surface area contributed by atoms with Gasteiger partial charge in [-0.3, -0.25) is 4.79 Å². The number of ether oxygens (including phenoxy) is 1. The van der Waals surface area contributed by atoms with E-state index < -0.39 is 5.60 Å². The molecule has 0 bridgehead atoms. The van der Waals surface area contributed by atoms with E-state index in [1.807, 2.05) is 50.2 Å². The van der Waals surface area contributed by atoms with Gasteiger partial charge in [0.15, 0.2) is 5.78 Å². The molecule has 3 heteroatoms. The predicted molar refractivity (Wildman–Crippen MR) is 70.8 cm³/mol. The first-order valence-electron chi connectivity index (χ1n) is 5.84. The maximum Gasteiger partial charge on any atom is 0.194 e. The second-order valence-corrected chi connectivity index (χ2v) is 4.71. The van der Waals surface area contributed by atoms with Crippen molar-refractivity contribution in [3.8, 4) is 0 Å². The molecule has 0 heterocycles. The molecule has 0 fully saturated rings. The molecule has 0 aromatic heterocycles. The van der Waals surface area contributed by atoms with Gasteiger partial charge in [-0.05, 0) is 45.0 Å². The minimum Gasteiger partial charge on any atom is -0.378 e. The van der Waals surface area contributed by atoms with Crippen molar-refractivity contribution in [2.75, 3.05) is 25.6 Å². The van der Waals surface area contributed by atoms with E-state index in [0.29, 0.717) is 12.2 Å². The Morgan fingerprint density at radius 2 is 1.76 bits per heavy atom. The minimum absolute atomic E-state index is 0.0182. The Morgan fingerprint density at radius 3 is 2.18 bits per heavy atom. The smallest absolute Gasteiger partial charge is 0.194 e. The van der Waals surface area contributed by atoms with E-state index in [4.69, 9.17) is 4.74 Å². The van der Waals surface area contributed by atoms with Crippen LogP contribution in [0.15, 0.2) is 24.3 Å². The maximum atomic E-state index is 12.2. The summed E-state index contributed by atoms with van der Waals surface area (Å²) in [5.41, 5.74) is 1.01. The second kappa shape index (κ2) is 5.32. The summed E-state index contributed by atoms with van der Waals surface area (Å²) in [5.74, 6) is 0.0182. The van der Waals surface area contributed by atoms with Crippen LogP contribution < -0.4 is 4.90 Å². The van der Waals surface area contributed by atoms with Crippen LogP contribution in [-0.2, 0) is 4.74 Å². The fourth-order valence-corrected chi connectivity index (χ4v) is 1.68. The summed E-state index contributed by atoms with van der Waals surface area (Å²) >= 11 is 0. The van der Waals surface area contributed by atoms with Crippen LogP contribution in [0, 0.1) is 0 Å². The van der Waals surface area contributed by atoms with Gasteiger partial charge in [0.1, 0.15) is 5.60 Å².